The number of hydrogen-bond acceptors (Lipinski definition) is 4. The Morgan fingerprint density at radius 2 is 2.26 bits per heavy atom. The molecule has 0 bridgehead atoms. The van der Waals surface area contributed by atoms with Gasteiger partial charge in [0.2, 0.25) is 5.91 Å². The molecular weight excluding hydrogens is 310 g/mol. The number of aromatic nitrogens is 2. The van der Waals surface area contributed by atoms with Crippen LogP contribution in [0.4, 0.5) is 0 Å². The van der Waals surface area contributed by atoms with Crippen molar-refractivity contribution in [2.24, 2.45) is 5.92 Å². The van der Waals surface area contributed by atoms with Crippen LogP contribution in [0, 0.1) is 5.92 Å². The van der Waals surface area contributed by atoms with Crippen LogP contribution < -0.4 is 5.32 Å². The first kappa shape index (κ1) is 16.3. The molecule has 0 aliphatic heterocycles. The molecule has 1 saturated carbocycles. The summed E-state index contributed by atoms with van der Waals surface area (Å²) in [4.78, 5) is 20.0. The normalized spacial score (nSPS) is 17.1. The third-order valence-corrected chi connectivity index (χ3v) is 5.39. The largest absolute Gasteiger partial charge is 0.396 e. The molecule has 3 rings (SSSR count). The standard InChI is InChI=1S/C17H23N3O2S/c1-11(17-19-14-4-2-3-5-15(14)20-17)23-10-16(22)18-13(8-9-21)12-6-7-12/h2-5,11-13,21H,6-10H2,1H3,(H,18,22)(H,19,20). The third-order valence-electron chi connectivity index (χ3n) is 4.23. The summed E-state index contributed by atoms with van der Waals surface area (Å²) in [6.45, 7) is 2.19. The van der Waals surface area contributed by atoms with Gasteiger partial charge in [0.1, 0.15) is 5.82 Å². The lowest BCUT2D eigenvalue weighted by Crippen LogP contribution is -2.38. The van der Waals surface area contributed by atoms with Crippen LogP contribution in [-0.4, -0.2) is 39.4 Å². The molecule has 5 nitrogen and oxygen atoms in total. The number of aliphatic hydroxyl groups is 1. The summed E-state index contributed by atoms with van der Waals surface area (Å²) < 4.78 is 0. The maximum atomic E-state index is 12.1. The van der Waals surface area contributed by atoms with Crippen molar-refractivity contribution in [3.05, 3.63) is 30.1 Å². The van der Waals surface area contributed by atoms with Gasteiger partial charge in [0.25, 0.3) is 0 Å². The molecule has 23 heavy (non-hydrogen) atoms. The minimum Gasteiger partial charge on any atom is -0.396 e. The average molecular weight is 333 g/mol. The number of aromatic amines is 1. The Morgan fingerprint density at radius 1 is 1.48 bits per heavy atom. The molecule has 2 aromatic rings. The lowest BCUT2D eigenvalue weighted by atomic mass is 10.1. The van der Waals surface area contributed by atoms with E-state index in [1.165, 1.54) is 0 Å². The maximum absolute atomic E-state index is 12.1. The van der Waals surface area contributed by atoms with Crippen LogP contribution in [0.3, 0.4) is 0 Å². The number of para-hydroxylation sites is 2. The minimum absolute atomic E-state index is 0.0447. The topological polar surface area (TPSA) is 78.0 Å². The highest BCUT2D eigenvalue weighted by Gasteiger charge is 2.31. The number of hydrogen-bond donors (Lipinski definition) is 3. The SMILES string of the molecule is CC(SCC(=O)NC(CCO)C1CC1)c1nc2ccccc2[nH]1. The molecule has 6 heteroatoms. The average Bonchev–Trinajstić information content (AvgIpc) is 3.30. The molecule has 1 aromatic carbocycles. The fourth-order valence-corrected chi connectivity index (χ4v) is 3.51. The summed E-state index contributed by atoms with van der Waals surface area (Å²) in [6.07, 6.45) is 2.97. The summed E-state index contributed by atoms with van der Waals surface area (Å²) in [5.41, 5.74) is 1.98. The lowest BCUT2D eigenvalue weighted by Gasteiger charge is -2.17. The number of thioether (sulfide) groups is 1. The van der Waals surface area contributed by atoms with Crippen molar-refractivity contribution < 1.29 is 9.90 Å². The van der Waals surface area contributed by atoms with E-state index in [4.69, 9.17) is 5.11 Å². The molecule has 2 unspecified atom stereocenters. The Morgan fingerprint density at radius 3 is 2.96 bits per heavy atom. The molecule has 1 aromatic heterocycles. The number of carbonyl (C=O) groups excluding carboxylic acids is 1. The molecule has 0 radical (unpaired) electrons. The van der Waals surface area contributed by atoms with Crippen molar-refractivity contribution >= 4 is 28.7 Å². The smallest absolute Gasteiger partial charge is 0.230 e. The molecular formula is C17H23N3O2S. The van der Waals surface area contributed by atoms with Crippen LogP contribution in [0.5, 0.6) is 0 Å². The Hall–Kier alpha value is -1.53. The van der Waals surface area contributed by atoms with E-state index in [2.05, 4.69) is 22.2 Å². The van der Waals surface area contributed by atoms with Gasteiger partial charge in [-0.2, -0.15) is 0 Å². The van der Waals surface area contributed by atoms with Crippen LogP contribution in [-0.2, 0) is 4.79 Å². The van der Waals surface area contributed by atoms with E-state index < -0.39 is 0 Å². The monoisotopic (exact) mass is 333 g/mol. The fourth-order valence-electron chi connectivity index (χ4n) is 2.76. The Bertz CT molecular complexity index is 636. The number of benzene rings is 1. The first-order valence-electron chi connectivity index (χ1n) is 8.14. The molecule has 124 valence electrons. The van der Waals surface area contributed by atoms with Gasteiger partial charge in [0.05, 0.1) is 22.0 Å². The van der Waals surface area contributed by atoms with Crippen molar-refractivity contribution in [3.63, 3.8) is 0 Å². The van der Waals surface area contributed by atoms with Crippen molar-refractivity contribution in [2.75, 3.05) is 12.4 Å². The van der Waals surface area contributed by atoms with Gasteiger partial charge < -0.3 is 15.4 Å². The third kappa shape index (κ3) is 4.26. The van der Waals surface area contributed by atoms with Crippen molar-refractivity contribution in [2.45, 2.75) is 37.5 Å². The molecule has 1 aliphatic carbocycles. The number of imidazole rings is 1. The zero-order valence-corrected chi connectivity index (χ0v) is 14.1. The van der Waals surface area contributed by atoms with Gasteiger partial charge in [0, 0.05) is 12.6 Å². The highest BCUT2D eigenvalue weighted by atomic mass is 32.2. The van der Waals surface area contributed by atoms with Crippen LogP contribution >= 0.6 is 11.8 Å². The number of nitrogens with zero attached hydrogens (tertiary/aromatic N) is 1. The van der Waals surface area contributed by atoms with Gasteiger partial charge in [0.15, 0.2) is 0 Å². The highest BCUT2D eigenvalue weighted by Crippen LogP contribution is 2.34. The van der Waals surface area contributed by atoms with Crippen molar-refractivity contribution in [3.8, 4) is 0 Å². The number of fused-ring (bicyclic) bond motifs is 1. The van der Waals surface area contributed by atoms with E-state index >= 15 is 0 Å². The quantitative estimate of drug-likeness (QED) is 0.694. The predicted octanol–water partition coefficient (Wildman–Crippen LogP) is 2.63. The summed E-state index contributed by atoms with van der Waals surface area (Å²) in [6, 6.07) is 8.07. The van der Waals surface area contributed by atoms with Crippen LogP contribution in [0.25, 0.3) is 11.0 Å². The Kier molecular flexibility index (Phi) is 5.23. The molecule has 1 heterocycles. The van der Waals surface area contributed by atoms with Crippen LogP contribution in [0.15, 0.2) is 24.3 Å². The summed E-state index contributed by atoms with van der Waals surface area (Å²) in [5.74, 6) is 1.91. The summed E-state index contributed by atoms with van der Waals surface area (Å²) in [5, 5.41) is 12.3. The number of rotatable bonds is 8. The predicted molar refractivity (Wildman–Crippen MR) is 93.3 cm³/mol. The number of aliphatic hydroxyl groups excluding tert-OH is 1. The van der Waals surface area contributed by atoms with Crippen molar-refractivity contribution in [1.29, 1.82) is 0 Å². The fraction of sp³-hybridized carbons (Fsp3) is 0.529. The number of H-pyrrole nitrogens is 1. The van der Waals surface area contributed by atoms with E-state index in [0.717, 1.165) is 29.7 Å². The Balaban J connectivity index is 1.51. The summed E-state index contributed by atoms with van der Waals surface area (Å²) >= 11 is 1.58. The van der Waals surface area contributed by atoms with Crippen molar-refractivity contribution in [1.82, 2.24) is 15.3 Å². The second-order valence-electron chi connectivity index (χ2n) is 6.12. The molecule has 2 atom stereocenters. The zero-order chi connectivity index (χ0) is 16.2. The van der Waals surface area contributed by atoms with Crippen LogP contribution in [0.1, 0.15) is 37.3 Å². The first-order chi connectivity index (χ1) is 11.2. The summed E-state index contributed by atoms with van der Waals surface area (Å²) in [7, 11) is 0. The minimum atomic E-state index is 0.0447. The maximum Gasteiger partial charge on any atom is 0.230 e. The molecule has 1 fully saturated rings. The molecule has 0 saturated heterocycles. The van der Waals surface area contributed by atoms with E-state index in [9.17, 15) is 4.79 Å². The van der Waals surface area contributed by atoms with Gasteiger partial charge in [-0.3, -0.25) is 4.79 Å². The van der Waals surface area contributed by atoms with Gasteiger partial charge in [-0.25, -0.2) is 4.98 Å². The molecule has 0 spiro atoms. The van der Waals surface area contributed by atoms with E-state index in [0.29, 0.717) is 18.1 Å². The van der Waals surface area contributed by atoms with Gasteiger partial charge in [-0.05, 0) is 44.2 Å². The second kappa shape index (κ2) is 7.36. The highest BCUT2D eigenvalue weighted by molar-refractivity contribution is 8.00. The zero-order valence-electron chi connectivity index (χ0n) is 13.3. The second-order valence-corrected chi connectivity index (χ2v) is 7.45. The number of carbonyl (C=O) groups is 1. The van der Waals surface area contributed by atoms with E-state index in [1.54, 1.807) is 11.8 Å². The number of nitrogens with one attached hydrogen (secondary N) is 2. The molecule has 3 N–H and O–H groups in total. The van der Waals surface area contributed by atoms with Gasteiger partial charge >= 0.3 is 0 Å². The molecule has 1 amide bonds. The van der Waals surface area contributed by atoms with Crippen LogP contribution in [0.2, 0.25) is 0 Å². The van der Waals surface area contributed by atoms with Gasteiger partial charge in [-0.1, -0.05) is 12.1 Å². The molecule has 1 aliphatic rings. The number of amides is 1. The van der Waals surface area contributed by atoms with E-state index in [-0.39, 0.29) is 23.8 Å². The van der Waals surface area contributed by atoms with Gasteiger partial charge in [-0.15, -0.1) is 11.8 Å². The first-order valence-corrected chi connectivity index (χ1v) is 9.18. The Labute approximate surface area is 140 Å². The van der Waals surface area contributed by atoms with E-state index in [1.807, 2.05) is 24.3 Å². The lowest BCUT2D eigenvalue weighted by molar-refractivity contribution is -0.119.